The van der Waals surface area contributed by atoms with Crippen molar-refractivity contribution < 1.29 is 17.9 Å². The summed E-state index contributed by atoms with van der Waals surface area (Å²) in [5, 5.41) is 11.2. The third-order valence-electron chi connectivity index (χ3n) is 4.72. The molecule has 1 fully saturated rings. The molecule has 0 bridgehead atoms. The lowest BCUT2D eigenvalue weighted by atomic mass is 10.1. The Labute approximate surface area is 171 Å². The average Bonchev–Trinajstić information content (AvgIpc) is 2.73. The number of nitrogens with one attached hydrogen (secondary N) is 2. The van der Waals surface area contributed by atoms with Gasteiger partial charge in [-0.1, -0.05) is 0 Å². The average molecular weight is 422 g/mol. The zero-order chi connectivity index (χ0) is 20.9. The second-order valence-electron chi connectivity index (χ2n) is 6.81. The van der Waals surface area contributed by atoms with Crippen LogP contribution >= 0.6 is 0 Å². The van der Waals surface area contributed by atoms with E-state index in [-0.39, 0.29) is 11.4 Å². The number of hydrogen-bond acceptors (Lipinski definition) is 8. The minimum absolute atomic E-state index is 0.219. The van der Waals surface area contributed by atoms with Crippen LogP contribution in [0.15, 0.2) is 29.3 Å². The molecule has 1 aliphatic heterocycles. The molecule has 1 saturated heterocycles. The van der Waals surface area contributed by atoms with Crippen molar-refractivity contribution in [3.63, 3.8) is 0 Å². The van der Waals surface area contributed by atoms with Crippen LogP contribution in [0, 0.1) is 13.8 Å². The molecule has 0 saturated carbocycles. The van der Waals surface area contributed by atoms with E-state index in [1.54, 1.807) is 32.4 Å². The Balaban J connectivity index is 1.57. The number of benzene rings is 1. The highest BCUT2D eigenvalue weighted by atomic mass is 32.2. The summed E-state index contributed by atoms with van der Waals surface area (Å²) in [6.07, 6.45) is 1.72. The molecular weight excluding hydrogens is 394 g/mol. The number of nitrogens with zero attached hydrogens (tertiary/aromatic N) is 3. The molecule has 10 heteroatoms. The van der Waals surface area contributed by atoms with Crippen LogP contribution in [-0.2, 0) is 14.8 Å². The summed E-state index contributed by atoms with van der Waals surface area (Å²) in [7, 11) is -2.06. The number of anilines is 2. The van der Waals surface area contributed by atoms with E-state index in [1.165, 1.54) is 0 Å². The van der Waals surface area contributed by atoms with E-state index in [0.717, 1.165) is 24.3 Å². The number of ether oxygens (including phenoxy) is 2. The molecule has 0 atom stereocenters. The quantitative estimate of drug-likeness (QED) is 0.615. The summed E-state index contributed by atoms with van der Waals surface area (Å²) in [4.78, 5) is 2.44. The molecule has 0 radical (unpaired) electrons. The molecule has 0 amide bonds. The largest absolute Gasteiger partial charge is 0.496 e. The van der Waals surface area contributed by atoms with Gasteiger partial charge in [-0.05, 0) is 37.1 Å². The fraction of sp³-hybridized carbons (Fsp3) is 0.474. The van der Waals surface area contributed by atoms with Gasteiger partial charge >= 0.3 is 0 Å². The van der Waals surface area contributed by atoms with Gasteiger partial charge in [-0.15, -0.1) is 5.10 Å². The van der Waals surface area contributed by atoms with Gasteiger partial charge in [0.15, 0.2) is 5.82 Å². The van der Waals surface area contributed by atoms with E-state index < -0.39 is 10.0 Å². The molecule has 1 aromatic carbocycles. The van der Waals surface area contributed by atoms with Crippen LogP contribution in [-0.4, -0.2) is 65.1 Å². The van der Waals surface area contributed by atoms with Gasteiger partial charge in [-0.2, -0.15) is 5.10 Å². The first-order chi connectivity index (χ1) is 13.9. The second-order valence-corrected chi connectivity index (χ2v) is 8.55. The standard InChI is InChI=1S/C19H27N5O4S/c1-14-11-18(15(2)10-17(14)27-3)29(25,26)22-5-4-20-19-12-16(13-21-23-19)24-6-8-28-9-7-24/h10-13,22H,4-9H2,1-3H3,(H,20,23). The number of sulfonamides is 1. The highest BCUT2D eigenvalue weighted by molar-refractivity contribution is 7.89. The predicted molar refractivity (Wildman–Crippen MR) is 111 cm³/mol. The summed E-state index contributed by atoms with van der Waals surface area (Å²) in [5.41, 5.74) is 2.37. The maximum atomic E-state index is 12.7. The molecule has 2 N–H and O–H groups in total. The third-order valence-corrected chi connectivity index (χ3v) is 6.32. The van der Waals surface area contributed by atoms with Gasteiger partial charge in [0.2, 0.25) is 10.0 Å². The SMILES string of the molecule is COc1cc(C)c(S(=O)(=O)NCCNc2cc(N3CCOCC3)cnn2)cc1C. The Morgan fingerprint density at radius 2 is 1.90 bits per heavy atom. The van der Waals surface area contributed by atoms with Crippen molar-refractivity contribution in [3.8, 4) is 5.75 Å². The molecule has 3 rings (SSSR count). The van der Waals surface area contributed by atoms with Crippen molar-refractivity contribution in [1.82, 2.24) is 14.9 Å². The zero-order valence-corrected chi connectivity index (χ0v) is 17.8. The van der Waals surface area contributed by atoms with Crippen LogP contribution in [0.3, 0.4) is 0 Å². The summed E-state index contributed by atoms with van der Waals surface area (Å²) in [5.74, 6) is 1.27. The Morgan fingerprint density at radius 3 is 2.62 bits per heavy atom. The van der Waals surface area contributed by atoms with Gasteiger partial charge in [0.05, 0.1) is 37.1 Å². The number of aromatic nitrogens is 2. The maximum Gasteiger partial charge on any atom is 0.240 e. The van der Waals surface area contributed by atoms with Crippen LogP contribution < -0.4 is 19.7 Å². The first kappa shape index (κ1) is 21.3. The first-order valence-electron chi connectivity index (χ1n) is 9.45. The summed E-state index contributed by atoms with van der Waals surface area (Å²) in [6.45, 7) is 7.18. The van der Waals surface area contributed by atoms with Crippen molar-refractivity contribution in [2.75, 3.05) is 56.7 Å². The molecule has 9 nitrogen and oxygen atoms in total. The minimum atomic E-state index is -3.62. The topological polar surface area (TPSA) is 106 Å². The van der Waals surface area contributed by atoms with E-state index in [1.807, 2.05) is 13.0 Å². The first-order valence-corrected chi connectivity index (χ1v) is 10.9. The van der Waals surface area contributed by atoms with Crippen LogP contribution in [0.1, 0.15) is 11.1 Å². The molecule has 2 aromatic rings. The van der Waals surface area contributed by atoms with Crippen molar-refractivity contribution >= 4 is 21.5 Å². The van der Waals surface area contributed by atoms with Crippen LogP contribution in [0.4, 0.5) is 11.5 Å². The molecule has 158 valence electrons. The summed E-state index contributed by atoms with van der Waals surface area (Å²) in [6, 6.07) is 5.26. The van der Waals surface area contributed by atoms with Crippen LogP contribution in [0.5, 0.6) is 5.75 Å². The zero-order valence-electron chi connectivity index (χ0n) is 16.9. The summed E-state index contributed by atoms with van der Waals surface area (Å²) >= 11 is 0. The van der Waals surface area contributed by atoms with Gasteiger partial charge < -0.3 is 19.7 Å². The second kappa shape index (κ2) is 9.38. The highest BCUT2D eigenvalue weighted by Gasteiger charge is 2.18. The number of methoxy groups -OCH3 is 1. The monoisotopic (exact) mass is 421 g/mol. The van der Waals surface area contributed by atoms with E-state index in [9.17, 15) is 8.42 Å². The van der Waals surface area contributed by atoms with Gasteiger partial charge in [-0.25, -0.2) is 13.1 Å². The smallest absolute Gasteiger partial charge is 0.240 e. The molecule has 0 unspecified atom stereocenters. The van der Waals surface area contributed by atoms with Gasteiger partial charge in [0.25, 0.3) is 0 Å². The molecule has 2 heterocycles. The van der Waals surface area contributed by atoms with Crippen molar-refractivity contribution in [3.05, 3.63) is 35.5 Å². The lowest BCUT2D eigenvalue weighted by molar-refractivity contribution is 0.122. The Hall–Kier alpha value is -2.43. The lowest BCUT2D eigenvalue weighted by Crippen LogP contribution is -2.36. The van der Waals surface area contributed by atoms with E-state index in [2.05, 4.69) is 25.1 Å². The van der Waals surface area contributed by atoms with E-state index >= 15 is 0 Å². The van der Waals surface area contributed by atoms with E-state index in [0.29, 0.717) is 36.9 Å². The highest BCUT2D eigenvalue weighted by Crippen LogP contribution is 2.25. The van der Waals surface area contributed by atoms with Gasteiger partial charge in [-0.3, -0.25) is 0 Å². The Morgan fingerprint density at radius 1 is 1.14 bits per heavy atom. The number of hydrogen-bond donors (Lipinski definition) is 2. The molecule has 29 heavy (non-hydrogen) atoms. The number of aryl methyl sites for hydroxylation is 2. The van der Waals surface area contributed by atoms with Crippen molar-refractivity contribution in [2.45, 2.75) is 18.7 Å². The summed E-state index contributed by atoms with van der Waals surface area (Å²) < 4.78 is 38.5. The van der Waals surface area contributed by atoms with Crippen LogP contribution in [0.2, 0.25) is 0 Å². The Bertz CT molecular complexity index is 946. The van der Waals surface area contributed by atoms with E-state index in [4.69, 9.17) is 9.47 Å². The van der Waals surface area contributed by atoms with Crippen molar-refractivity contribution in [1.29, 1.82) is 0 Å². The van der Waals surface area contributed by atoms with Crippen LogP contribution in [0.25, 0.3) is 0 Å². The number of rotatable bonds is 8. The lowest BCUT2D eigenvalue weighted by Gasteiger charge is -2.28. The Kier molecular flexibility index (Phi) is 6.88. The minimum Gasteiger partial charge on any atom is -0.496 e. The normalized spacial score (nSPS) is 14.7. The maximum absolute atomic E-state index is 12.7. The predicted octanol–water partition coefficient (Wildman–Crippen LogP) is 1.33. The fourth-order valence-corrected chi connectivity index (χ4v) is 4.50. The molecule has 1 aliphatic rings. The number of morpholine rings is 1. The molecular formula is C19H27N5O4S. The van der Waals surface area contributed by atoms with Gasteiger partial charge in [0.1, 0.15) is 5.75 Å². The molecule has 1 aromatic heterocycles. The third kappa shape index (κ3) is 5.34. The molecule has 0 aliphatic carbocycles. The fourth-order valence-electron chi connectivity index (χ4n) is 3.16. The van der Waals surface area contributed by atoms with Gasteiger partial charge in [0, 0.05) is 32.2 Å². The molecule has 0 spiro atoms. The van der Waals surface area contributed by atoms with Crippen molar-refractivity contribution in [2.24, 2.45) is 0 Å².